The molecule has 0 radical (unpaired) electrons. The summed E-state index contributed by atoms with van der Waals surface area (Å²) >= 11 is 0. The monoisotopic (exact) mass is 249 g/mol. The lowest BCUT2D eigenvalue weighted by atomic mass is 9.92. The first-order valence-electron chi connectivity index (χ1n) is 6.07. The summed E-state index contributed by atoms with van der Waals surface area (Å²) in [6.45, 7) is 0.851. The lowest BCUT2D eigenvalue weighted by Crippen LogP contribution is -2.50. The van der Waals surface area contributed by atoms with Gasteiger partial charge in [0.05, 0.1) is 7.11 Å². The van der Waals surface area contributed by atoms with Crippen molar-refractivity contribution in [3.8, 4) is 5.75 Å². The molecule has 5 nitrogen and oxygen atoms in total. The van der Waals surface area contributed by atoms with Gasteiger partial charge in [0.1, 0.15) is 11.3 Å². The van der Waals surface area contributed by atoms with Crippen LogP contribution >= 0.6 is 0 Å². The van der Waals surface area contributed by atoms with E-state index in [-0.39, 0.29) is 5.91 Å². The number of benzene rings is 1. The molecule has 0 bridgehead atoms. The molecule has 0 heterocycles. The SMILES string of the molecule is COc1cccc2c1CCC2(N)C(=O)NCCN. The van der Waals surface area contributed by atoms with E-state index in [1.807, 2.05) is 18.2 Å². The van der Waals surface area contributed by atoms with Gasteiger partial charge < -0.3 is 21.5 Å². The lowest BCUT2D eigenvalue weighted by molar-refractivity contribution is -0.126. The molecule has 0 saturated heterocycles. The van der Waals surface area contributed by atoms with Crippen LogP contribution in [0.15, 0.2) is 18.2 Å². The number of amides is 1. The number of nitrogens with two attached hydrogens (primary N) is 2. The lowest BCUT2D eigenvalue weighted by Gasteiger charge is -2.24. The van der Waals surface area contributed by atoms with E-state index < -0.39 is 5.54 Å². The van der Waals surface area contributed by atoms with Crippen LogP contribution in [0.2, 0.25) is 0 Å². The highest BCUT2D eigenvalue weighted by Crippen LogP contribution is 2.39. The van der Waals surface area contributed by atoms with E-state index in [0.29, 0.717) is 19.5 Å². The van der Waals surface area contributed by atoms with E-state index in [1.54, 1.807) is 7.11 Å². The highest BCUT2D eigenvalue weighted by Gasteiger charge is 2.42. The largest absolute Gasteiger partial charge is 0.496 e. The first-order valence-corrected chi connectivity index (χ1v) is 6.07. The van der Waals surface area contributed by atoms with Crippen LogP contribution in [-0.2, 0) is 16.8 Å². The number of nitrogens with one attached hydrogen (secondary N) is 1. The second kappa shape index (κ2) is 4.96. The third-order valence-electron chi connectivity index (χ3n) is 3.44. The second-order valence-electron chi connectivity index (χ2n) is 4.50. The maximum Gasteiger partial charge on any atom is 0.244 e. The molecular weight excluding hydrogens is 230 g/mol. The summed E-state index contributed by atoms with van der Waals surface area (Å²) < 4.78 is 5.30. The maximum absolute atomic E-state index is 12.2. The van der Waals surface area contributed by atoms with Crippen molar-refractivity contribution in [3.05, 3.63) is 29.3 Å². The van der Waals surface area contributed by atoms with E-state index in [4.69, 9.17) is 16.2 Å². The quantitative estimate of drug-likeness (QED) is 0.693. The predicted octanol–water partition coefficient (Wildman–Crippen LogP) is -0.130. The molecule has 18 heavy (non-hydrogen) atoms. The molecule has 0 saturated carbocycles. The molecule has 0 aromatic heterocycles. The van der Waals surface area contributed by atoms with Gasteiger partial charge in [0.25, 0.3) is 0 Å². The highest BCUT2D eigenvalue weighted by atomic mass is 16.5. The number of fused-ring (bicyclic) bond motifs is 1. The van der Waals surface area contributed by atoms with E-state index in [9.17, 15) is 4.79 Å². The van der Waals surface area contributed by atoms with E-state index >= 15 is 0 Å². The van der Waals surface area contributed by atoms with Crippen LogP contribution in [-0.4, -0.2) is 26.1 Å². The normalized spacial score (nSPS) is 21.5. The summed E-state index contributed by atoms with van der Waals surface area (Å²) in [5, 5.41) is 2.76. The van der Waals surface area contributed by atoms with Crippen LogP contribution in [0.5, 0.6) is 5.75 Å². The molecule has 0 fully saturated rings. The minimum Gasteiger partial charge on any atom is -0.496 e. The van der Waals surface area contributed by atoms with Gasteiger partial charge in [-0.15, -0.1) is 0 Å². The minimum atomic E-state index is -0.959. The van der Waals surface area contributed by atoms with Gasteiger partial charge >= 0.3 is 0 Å². The Morgan fingerprint density at radius 3 is 3.00 bits per heavy atom. The molecule has 0 aliphatic heterocycles. The van der Waals surface area contributed by atoms with E-state index in [2.05, 4.69) is 5.32 Å². The molecule has 0 spiro atoms. The number of carbonyl (C=O) groups excluding carboxylic acids is 1. The average Bonchev–Trinajstić information content (AvgIpc) is 2.75. The molecule has 1 unspecified atom stereocenters. The Balaban J connectivity index is 2.32. The second-order valence-corrected chi connectivity index (χ2v) is 4.50. The maximum atomic E-state index is 12.2. The molecule has 1 aromatic carbocycles. The molecule has 1 atom stereocenters. The Morgan fingerprint density at radius 2 is 2.33 bits per heavy atom. The number of ether oxygens (including phenoxy) is 1. The zero-order valence-corrected chi connectivity index (χ0v) is 10.5. The molecule has 5 heteroatoms. The average molecular weight is 249 g/mol. The van der Waals surface area contributed by atoms with Crippen molar-refractivity contribution in [2.75, 3.05) is 20.2 Å². The first-order chi connectivity index (χ1) is 8.63. The van der Waals surface area contributed by atoms with Gasteiger partial charge in [-0.3, -0.25) is 4.79 Å². The third-order valence-corrected chi connectivity index (χ3v) is 3.44. The van der Waals surface area contributed by atoms with E-state index in [1.165, 1.54) is 0 Å². The molecule has 2 rings (SSSR count). The number of hydrogen-bond acceptors (Lipinski definition) is 4. The summed E-state index contributed by atoms with van der Waals surface area (Å²) in [6, 6.07) is 5.65. The zero-order chi connectivity index (χ0) is 13.2. The Hall–Kier alpha value is -1.59. The van der Waals surface area contributed by atoms with Gasteiger partial charge in [-0.2, -0.15) is 0 Å². The fourth-order valence-corrected chi connectivity index (χ4v) is 2.47. The van der Waals surface area contributed by atoms with Crippen molar-refractivity contribution in [2.24, 2.45) is 11.5 Å². The summed E-state index contributed by atoms with van der Waals surface area (Å²) in [5.74, 6) is 0.631. The molecule has 1 aliphatic rings. The van der Waals surface area contributed by atoms with Crippen molar-refractivity contribution in [1.29, 1.82) is 0 Å². The van der Waals surface area contributed by atoms with E-state index in [0.717, 1.165) is 23.3 Å². The highest BCUT2D eigenvalue weighted by molar-refractivity contribution is 5.89. The van der Waals surface area contributed by atoms with Crippen LogP contribution in [0.3, 0.4) is 0 Å². The number of rotatable bonds is 4. The van der Waals surface area contributed by atoms with Crippen LogP contribution in [0.4, 0.5) is 0 Å². The topological polar surface area (TPSA) is 90.4 Å². The number of methoxy groups -OCH3 is 1. The van der Waals surface area contributed by atoms with Crippen molar-refractivity contribution in [1.82, 2.24) is 5.32 Å². The zero-order valence-electron chi connectivity index (χ0n) is 10.5. The minimum absolute atomic E-state index is 0.167. The van der Waals surface area contributed by atoms with Crippen molar-refractivity contribution >= 4 is 5.91 Å². The van der Waals surface area contributed by atoms with Gasteiger partial charge in [0, 0.05) is 13.1 Å². The Kier molecular flexibility index (Phi) is 3.54. The first kappa shape index (κ1) is 12.9. The van der Waals surface area contributed by atoms with Gasteiger partial charge in [-0.1, -0.05) is 12.1 Å². The van der Waals surface area contributed by atoms with Crippen molar-refractivity contribution in [2.45, 2.75) is 18.4 Å². The Morgan fingerprint density at radius 1 is 1.56 bits per heavy atom. The smallest absolute Gasteiger partial charge is 0.244 e. The summed E-state index contributed by atoms with van der Waals surface area (Å²) in [6.07, 6.45) is 1.35. The van der Waals surface area contributed by atoms with Crippen LogP contribution < -0.4 is 21.5 Å². The third kappa shape index (κ3) is 1.95. The van der Waals surface area contributed by atoms with Gasteiger partial charge in [-0.25, -0.2) is 0 Å². The van der Waals surface area contributed by atoms with Crippen molar-refractivity contribution < 1.29 is 9.53 Å². The molecule has 1 aliphatic carbocycles. The summed E-state index contributed by atoms with van der Waals surface area (Å²) in [5.41, 5.74) is 12.6. The van der Waals surface area contributed by atoms with Gasteiger partial charge in [-0.05, 0) is 30.0 Å². The Labute approximate surface area is 106 Å². The van der Waals surface area contributed by atoms with Crippen molar-refractivity contribution in [3.63, 3.8) is 0 Å². The predicted molar refractivity (Wildman–Crippen MR) is 69.2 cm³/mol. The van der Waals surface area contributed by atoms with Crippen LogP contribution in [0.1, 0.15) is 17.5 Å². The molecule has 1 aromatic rings. The fraction of sp³-hybridized carbons (Fsp3) is 0.462. The van der Waals surface area contributed by atoms with Crippen LogP contribution in [0, 0.1) is 0 Å². The standard InChI is InChI=1S/C13H19N3O2/c1-18-11-4-2-3-10-9(11)5-6-13(10,15)12(17)16-8-7-14/h2-4H,5-8,14-15H2,1H3,(H,16,17). The molecule has 5 N–H and O–H groups in total. The van der Waals surface area contributed by atoms with Crippen LogP contribution in [0.25, 0.3) is 0 Å². The summed E-state index contributed by atoms with van der Waals surface area (Å²) in [4.78, 5) is 12.2. The fourth-order valence-electron chi connectivity index (χ4n) is 2.47. The molecule has 1 amide bonds. The Bertz CT molecular complexity index is 462. The number of hydrogen-bond donors (Lipinski definition) is 3. The summed E-state index contributed by atoms with van der Waals surface area (Å²) in [7, 11) is 1.63. The molecule has 98 valence electrons. The van der Waals surface area contributed by atoms with Gasteiger partial charge in [0.2, 0.25) is 5.91 Å². The molecular formula is C13H19N3O2. The van der Waals surface area contributed by atoms with Gasteiger partial charge in [0.15, 0.2) is 0 Å². The number of carbonyl (C=O) groups is 1.